The van der Waals surface area contributed by atoms with Crippen LogP contribution in [0.25, 0.3) is 17.2 Å². The van der Waals surface area contributed by atoms with Gasteiger partial charge in [0.25, 0.3) is 0 Å². The molecule has 0 fully saturated rings. The van der Waals surface area contributed by atoms with Crippen LogP contribution in [0.4, 0.5) is 0 Å². The Balaban J connectivity index is 1.71. The van der Waals surface area contributed by atoms with Crippen LogP contribution in [-0.2, 0) is 0 Å². The Morgan fingerprint density at radius 2 is 1.42 bits per heavy atom. The average Bonchev–Trinajstić information content (AvgIpc) is 2.67. The number of rotatable bonds is 5. The third-order valence-electron chi connectivity index (χ3n) is 3.82. The molecular formula is C22H18OS. The van der Waals surface area contributed by atoms with Gasteiger partial charge >= 0.3 is 0 Å². The van der Waals surface area contributed by atoms with E-state index in [4.69, 9.17) is 0 Å². The van der Waals surface area contributed by atoms with E-state index in [1.807, 2.05) is 66.9 Å². The summed E-state index contributed by atoms with van der Waals surface area (Å²) < 4.78 is 0. The van der Waals surface area contributed by atoms with Crippen molar-refractivity contribution in [1.82, 2.24) is 0 Å². The van der Waals surface area contributed by atoms with Gasteiger partial charge in [-0.05, 0) is 41.2 Å². The van der Waals surface area contributed by atoms with Crippen LogP contribution in [0, 0.1) is 0 Å². The van der Waals surface area contributed by atoms with Gasteiger partial charge in [-0.1, -0.05) is 72.8 Å². The van der Waals surface area contributed by atoms with E-state index < -0.39 is 0 Å². The number of hydrogen-bond donors (Lipinski definition) is 0. The first-order valence-electron chi connectivity index (χ1n) is 7.78. The predicted molar refractivity (Wildman–Crippen MR) is 103 cm³/mol. The maximum absolute atomic E-state index is 12.3. The molecule has 0 saturated carbocycles. The molecular weight excluding hydrogens is 312 g/mol. The summed E-state index contributed by atoms with van der Waals surface area (Å²) in [6.07, 6.45) is 5.54. The molecule has 0 unspecified atom stereocenters. The van der Waals surface area contributed by atoms with E-state index in [1.165, 1.54) is 4.90 Å². The molecule has 0 aliphatic heterocycles. The van der Waals surface area contributed by atoms with E-state index in [1.54, 1.807) is 17.8 Å². The molecule has 0 aliphatic carbocycles. The fourth-order valence-corrected chi connectivity index (χ4v) is 2.85. The Morgan fingerprint density at radius 1 is 0.792 bits per heavy atom. The molecule has 3 aromatic carbocycles. The summed E-state index contributed by atoms with van der Waals surface area (Å²) in [6.45, 7) is 0. The largest absolute Gasteiger partial charge is 0.289 e. The minimum Gasteiger partial charge on any atom is -0.289 e. The summed E-state index contributed by atoms with van der Waals surface area (Å²) in [4.78, 5) is 13.5. The quantitative estimate of drug-likeness (QED) is 0.325. The summed E-state index contributed by atoms with van der Waals surface area (Å²) in [6, 6.07) is 26.1. The van der Waals surface area contributed by atoms with Crippen LogP contribution in [0.5, 0.6) is 0 Å². The van der Waals surface area contributed by atoms with E-state index >= 15 is 0 Å². The van der Waals surface area contributed by atoms with Gasteiger partial charge in [0.2, 0.25) is 0 Å². The monoisotopic (exact) mass is 330 g/mol. The highest BCUT2D eigenvalue weighted by atomic mass is 32.2. The Labute approximate surface area is 147 Å². The number of ketones is 1. The van der Waals surface area contributed by atoms with Crippen LogP contribution < -0.4 is 0 Å². The van der Waals surface area contributed by atoms with Crippen LogP contribution in [0.3, 0.4) is 0 Å². The Hall–Kier alpha value is -2.58. The SMILES string of the molecule is CSc1ccc(C=CC(=O)c2ccc(-c3ccccc3)cc2)cc1. The molecule has 0 radical (unpaired) electrons. The topological polar surface area (TPSA) is 17.1 Å². The predicted octanol–water partition coefficient (Wildman–Crippen LogP) is 5.97. The number of thioether (sulfide) groups is 1. The van der Waals surface area contributed by atoms with Crippen molar-refractivity contribution >= 4 is 23.6 Å². The number of benzene rings is 3. The van der Waals surface area contributed by atoms with E-state index in [0.717, 1.165) is 16.7 Å². The fraction of sp³-hybridized carbons (Fsp3) is 0.0455. The van der Waals surface area contributed by atoms with Crippen molar-refractivity contribution in [3.8, 4) is 11.1 Å². The summed E-state index contributed by atoms with van der Waals surface area (Å²) in [5.41, 5.74) is 4.00. The zero-order chi connectivity index (χ0) is 16.8. The van der Waals surface area contributed by atoms with Crippen molar-refractivity contribution < 1.29 is 4.79 Å². The molecule has 0 bridgehead atoms. The molecule has 24 heavy (non-hydrogen) atoms. The van der Waals surface area contributed by atoms with Crippen LogP contribution in [0.15, 0.2) is 89.8 Å². The summed E-state index contributed by atoms with van der Waals surface area (Å²) in [7, 11) is 0. The van der Waals surface area contributed by atoms with Crippen LogP contribution >= 0.6 is 11.8 Å². The Morgan fingerprint density at radius 3 is 2.04 bits per heavy atom. The van der Waals surface area contributed by atoms with Crippen molar-refractivity contribution in [1.29, 1.82) is 0 Å². The van der Waals surface area contributed by atoms with Crippen molar-refractivity contribution in [2.24, 2.45) is 0 Å². The smallest absolute Gasteiger partial charge is 0.185 e. The van der Waals surface area contributed by atoms with Gasteiger partial charge in [0.1, 0.15) is 0 Å². The molecule has 0 spiro atoms. The normalized spacial score (nSPS) is 10.9. The Kier molecular flexibility index (Phi) is 5.29. The maximum atomic E-state index is 12.3. The van der Waals surface area contributed by atoms with Gasteiger partial charge in [0.15, 0.2) is 5.78 Å². The molecule has 0 heterocycles. The fourth-order valence-electron chi connectivity index (χ4n) is 2.44. The second kappa shape index (κ2) is 7.80. The standard InChI is InChI=1S/C22H18OS/c1-24-21-14-7-17(8-15-21)9-16-22(23)20-12-10-19(11-13-20)18-5-3-2-4-6-18/h2-16H,1H3. The molecule has 0 atom stereocenters. The van der Waals surface area contributed by atoms with Crippen LogP contribution in [0.2, 0.25) is 0 Å². The molecule has 0 amide bonds. The summed E-state index contributed by atoms with van der Waals surface area (Å²) in [5, 5.41) is 0. The third kappa shape index (κ3) is 4.03. The first-order valence-corrected chi connectivity index (χ1v) is 9.01. The van der Waals surface area contributed by atoms with Gasteiger partial charge in [-0.2, -0.15) is 0 Å². The van der Waals surface area contributed by atoms with Crippen LogP contribution in [0.1, 0.15) is 15.9 Å². The molecule has 0 aliphatic rings. The number of allylic oxidation sites excluding steroid dienone is 1. The van der Waals surface area contributed by atoms with Gasteiger partial charge in [0, 0.05) is 10.5 Å². The maximum Gasteiger partial charge on any atom is 0.185 e. The van der Waals surface area contributed by atoms with E-state index in [9.17, 15) is 4.79 Å². The highest BCUT2D eigenvalue weighted by Gasteiger charge is 2.03. The Bertz CT molecular complexity index is 831. The van der Waals surface area contributed by atoms with Gasteiger partial charge < -0.3 is 0 Å². The third-order valence-corrected chi connectivity index (χ3v) is 4.56. The van der Waals surface area contributed by atoms with E-state index in [-0.39, 0.29) is 5.78 Å². The number of carbonyl (C=O) groups is 1. The van der Waals surface area contributed by atoms with Crippen molar-refractivity contribution in [2.45, 2.75) is 4.90 Å². The number of hydrogen-bond acceptors (Lipinski definition) is 2. The van der Waals surface area contributed by atoms with E-state index in [0.29, 0.717) is 5.56 Å². The number of carbonyl (C=O) groups excluding carboxylic acids is 1. The van der Waals surface area contributed by atoms with E-state index in [2.05, 4.69) is 24.3 Å². The highest BCUT2D eigenvalue weighted by molar-refractivity contribution is 7.98. The molecule has 118 valence electrons. The highest BCUT2D eigenvalue weighted by Crippen LogP contribution is 2.20. The lowest BCUT2D eigenvalue weighted by Crippen LogP contribution is -1.93. The molecule has 3 rings (SSSR count). The minimum absolute atomic E-state index is 0.0172. The first-order chi connectivity index (χ1) is 11.8. The van der Waals surface area contributed by atoms with Gasteiger partial charge in [-0.15, -0.1) is 11.8 Å². The second-order valence-corrected chi connectivity index (χ2v) is 6.29. The van der Waals surface area contributed by atoms with Gasteiger partial charge in [0.05, 0.1) is 0 Å². The minimum atomic E-state index is 0.0172. The summed E-state index contributed by atoms with van der Waals surface area (Å²) >= 11 is 1.71. The van der Waals surface area contributed by atoms with Crippen molar-refractivity contribution in [2.75, 3.05) is 6.26 Å². The lowest BCUT2D eigenvalue weighted by atomic mass is 10.0. The first kappa shape index (κ1) is 16.3. The molecule has 2 heteroatoms. The van der Waals surface area contributed by atoms with Crippen molar-refractivity contribution in [3.05, 3.63) is 96.1 Å². The average molecular weight is 330 g/mol. The lowest BCUT2D eigenvalue weighted by molar-refractivity contribution is 0.104. The zero-order valence-electron chi connectivity index (χ0n) is 13.5. The second-order valence-electron chi connectivity index (χ2n) is 5.41. The lowest BCUT2D eigenvalue weighted by Gasteiger charge is -2.02. The molecule has 1 nitrogen and oxygen atoms in total. The van der Waals surface area contributed by atoms with Crippen LogP contribution in [-0.4, -0.2) is 12.0 Å². The van der Waals surface area contributed by atoms with Gasteiger partial charge in [-0.25, -0.2) is 0 Å². The molecule has 3 aromatic rings. The molecule has 0 aromatic heterocycles. The molecule has 0 N–H and O–H groups in total. The summed E-state index contributed by atoms with van der Waals surface area (Å²) in [5.74, 6) is 0.0172. The van der Waals surface area contributed by atoms with Gasteiger partial charge in [-0.3, -0.25) is 4.79 Å². The zero-order valence-corrected chi connectivity index (χ0v) is 14.3. The van der Waals surface area contributed by atoms with Crippen molar-refractivity contribution in [3.63, 3.8) is 0 Å². The molecule has 0 saturated heterocycles.